The van der Waals surface area contributed by atoms with Crippen molar-refractivity contribution in [1.29, 1.82) is 0 Å². The van der Waals surface area contributed by atoms with Gasteiger partial charge in [0.15, 0.2) is 5.78 Å². The molecule has 2 amide bonds. The van der Waals surface area contributed by atoms with Crippen molar-refractivity contribution in [2.75, 3.05) is 12.0 Å². The Hall–Kier alpha value is -4.39. The fourth-order valence-electron chi connectivity index (χ4n) is 5.68. The molecule has 7 nitrogen and oxygen atoms in total. The summed E-state index contributed by atoms with van der Waals surface area (Å²) in [4.78, 5) is 46.1. The van der Waals surface area contributed by atoms with Crippen molar-refractivity contribution < 1.29 is 19.1 Å². The maximum absolute atomic E-state index is 14.4. The normalized spacial score (nSPS) is 14.4. The number of hydrogen-bond donors (Lipinski definition) is 2. The van der Waals surface area contributed by atoms with Crippen LogP contribution >= 0.6 is 0 Å². The highest BCUT2D eigenvalue weighted by molar-refractivity contribution is 6.09. The summed E-state index contributed by atoms with van der Waals surface area (Å²) in [7, 11) is 1.57. The van der Waals surface area contributed by atoms with E-state index in [9.17, 15) is 14.4 Å². The molecular weight excluding hydrogens is 502 g/mol. The van der Waals surface area contributed by atoms with Gasteiger partial charge in [-0.2, -0.15) is 0 Å². The van der Waals surface area contributed by atoms with Crippen molar-refractivity contribution in [3.63, 3.8) is 0 Å². The lowest BCUT2D eigenvalue weighted by molar-refractivity contribution is -0.127. The van der Waals surface area contributed by atoms with Gasteiger partial charge in [0, 0.05) is 28.7 Å². The SMILES string of the molecule is COc1cccc([C@H](C(=O)NC2CCCCC2)N(C(=O)Cc2c[nH]c3ccccc23)c2ccccc2C(C)=O)c1. The molecule has 206 valence electrons. The standard InChI is InChI=1S/C33H35N3O4/c1-22(37)27-15-7-9-18-30(27)36(31(38)20-24-21-34-29-17-8-6-16-28(24)29)32(23-11-10-14-26(19-23)40-2)33(39)35-25-12-4-3-5-13-25/h6-11,14-19,21,25,32,34H,3-5,12-13,20H2,1-2H3,(H,35,39)/t32-/m1/s1. The molecule has 4 aromatic rings. The Morgan fingerprint density at radius 1 is 0.975 bits per heavy atom. The van der Waals surface area contributed by atoms with Crippen LogP contribution in [0, 0.1) is 0 Å². The average Bonchev–Trinajstić information content (AvgIpc) is 3.38. The number of nitrogens with one attached hydrogen (secondary N) is 2. The molecule has 0 bridgehead atoms. The van der Waals surface area contributed by atoms with E-state index in [4.69, 9.17) is 4.74 Å². The highest BCUT2D eigenvalue weighted by atomic mass is 16.5. The van der Waals surface area contributed by atoms with Crippen molar-refractivity contribution in [3.8, 4) is 5.75 Å². The number of ether oxygens (including phenoxy) is 1. The highest BCUT2D eigenvalue weighted by Gasteiger charge is 2.36. The number of aromatic nitrogens is 1. The summed E-state index contributed by atoms with van der Waals surface area (Å²) in [6.45, 7) is 1.48. The number of amides is 2. The summed E-state index contributed by atoms with van der Waals surface area (Å²) in [5, 5.41) is 4.18. The molecule has 1 aliphatic carbocycles. The van der Waals surface area contributed by atoms with Crippen molar-refractivity contribution in [2.45, 2.75) is 57.5 Å². The van der Waals surface area contributed by atoms with Gasteiger partial charge in [-0.25, -0.2) is 0 Å². The molecule has 2 N–H and O–H groups in total. The number of hydrogen-bond acceptors (Lipinski definition) is 4. The van der Waals surface area contributed by atoms with Crippen molar-refractivity contribution >= 4 is 34.2 Å². The number of benzene rings is 3. The van der Waals surface area contributed by atoms with Crippen LogP contribution < -0.4 is 15.0 Å². The van der Waals surface area contributed by atoms with Gasteiger partial charge in [-0.15, -0.1) is 0 Å². The zero-order chi connectivity index (χ0) is 28.1. The monoisotopic (exact) mass is 537 g/mol. The van der Waals surface area contributed by atoms with E-state index in [-0.39, 0.29) is 30.1 Å². The topological polar surface area (TPSA) is 91.5 Å². The van der Waals surface area contributed by atoms with Crippen molar-refractivity contribution in [3.05, 3.63) is 95.7 Å². The minimum Gasteiger partial charge on any atom is -0.497 e. The van der Waals surface area contributed by atoms with E-state index >= 15 is 0 Å². The van der Waals surface area contributed by atoms with Crippen molar-refractivity contribution in [1.82, 2.24) is 10.3 Å². The number of para-hydroxylation sites is 2. The van der Waals surface area contributed by atoms with E-state index in [1.165, 1.54) is 11.8 Å². The smallest absolute Gasteiger partial charge is 0.248 e. The Morgan fingerprint density at radius 3 is 2.50 bits per heavy atom. The summed E-state index contributed by atoms with van der Waals surface area (Å²) in [5.74, 6) is -0.162. The molecule has 0 spiro atoms. The number of methoxy groups -OCH3 is 1. The molecular formula is C33H35N3O4. The molecule has 40 heavy (non-hydrogen) atoms. The van der Waals surface area contributed by atoms with Gasteiger partial charge in [0.1, 0.15) is 11.8 Å². The number of Topliss-reactive ketones (excluding diaryl/α,β-unsaturated/α-hetero) is 1. The number of aromatic amines is 1. The van der Waals surface area contributed by atoms with E-state index in [0.29, 0.717) is 22.6 Å². The van der Waals surface area contributed by atoms with Gasteiger partial charge in [0.25, 0.3) is 0 Å². The van der Waals surface area contributed by atoms with Gasteiger partial charge >= 0.3 is 0 Å². The van der Waals surface area contributed by atoms with E-state index in [1.807, 2.05) is 42.6 Å². The van der Waals surface area contributed by atoms with Crippen LogP contribution in [0.2, 0.25) is 0 Å². The third kappa shape index (κ3) is 5.78. The lowest BCUT2D eigenvalue weighted by atomic mass is 9.94. The minimum absolute atomic E-state index is 0.0444. The predicted molar refractivity (Wildman–Crippen MR) is 157 cm³/mol. The van der Waals surface area contributed by atoms with Crippen LogP contribution in [0.15, 0.2) is 79.0 Å². The molecule has 1 aromatic heterocycles. The number of ketones is 1. The Balaban J connectivity index is 1.63. The summed E-state index contributed by atoms with van der Waals surface area (Å²) in [5.41, 5.74) is 3.15. The maximum Gasteiger partial charge on any atom is 0.248 e. The lowest BCUT2D eigenvalue weighted by Crippen LogP contribution is -2.48. The quantitative estimate of drug-likeness (QED) is 0.251. The zero-order valence-electron chi connectivity index (χ0n) is 23.0. The summed E-state index contributed by atoms with van der Waals surface area (Å²) in [6.07, 6.45) is 6.98. The maximum atomic E-state index is 14.4. The van der Waals surface area contributed by atoms with Crippen LogP contribution in [-0.4, -0.2) is 35.7 Å². The van der Waals surface area contributed by atoms with Gasteiger partial charge in [-0.05, 0) is 61.2 Å². The van der Waals surface area contributed by atoms with Crippen LogP contribution in [0.3, 0.4) is 0 Å². The molecule has 1 saturated carbocycles. The third-order valence-corrected chi connectivity index (χ3v) is 7.70. The van der Waals surface area contributed by atoms with Crippen LogP contribution in [0.4, 0.5) is 5.69 Å². The second-order valence-electron chi connectivity index (χ2n) is 10.4. The Kier molecular flexibility index (Phi) is 8.29. The van der Waals surface area contributed by atoms with Crippen LogP contribution in [0.1, 0.15) is 66.6 Å². The Morgan fingerprint density at radius 2 is 1.73 bits per heavy atom. The van der Waals surface area contributed by atoms with Crippen LogP contribution in [0.25, 0.3) is 10.9 Å². The van der Waals surface area contributed by atoms with Crippen LogP contribution in [0.5, 0.6) is 5.75 Å². The lowest BCUT2D eigenvalue weighted by Gasteiger charge is -2.34. The molecule has 0 aliphatic heterocycles. The van der Waals surface area contributed by atoms with E-state index in [2.05, 4.69) is 10.3 Å². The van der Waals surface area contributed by atoms with Gasteiger partial charge in [-0.3, -0.25) is 19.3 Å². The number of rotatable bonds is 9. The van der Waals surface area contributed by atoms with Gasteiger partial charge in [0.2, 0.25) is 11.8 Å². The molecule has 0 radical (unpaired) electrons. The van der Waals surface area contributed by atoms with Gasteiger partial charge in [-0.1, -0.05) is 61.7 Å². The fraction of sp³-hybridized carbons (Fsp3) is 0.303. The molecule has 1 atom stereocenters. The second kappa shape index (κ2) is 12.2. The highest BCUT2D eigenvalue weighted by Crippen LogP contribution is 2.34. The first kappa shape index (κ1) is 27.2. The zero-order valence-corrected chi connectivity index (χ0v) is 23.0. The second-order valence-corrected chi connectivity index (χ2v) is 10.4. The molecule has 1 aliphatic rings. The first-order valence-electron chi connectivity index (χ1n) is 13.9. The number of anilines is 1. The molecule has 1 heterocycles. The third-order valence-electron chi connectivity index (χ3n) is 7.70. The van der Waals surface area contributed by atoms with Crippen LogP contribution in [-0.2, 0) is 16.0 Å². The number of fused-ring (bicyclic) bond motifs is 1. The number of carbonyl (C=O) groups excluding carboxylic acids is 3. The average molecular weight is 538 g/mol. The molecule has 3 aromatic carbocycles. The summed E-state index contributed by atoms with van der Waals surface area (Å²) >= 11 is 0. The molecule has 0 unspecified atom stereocenters. The van der Waals surface area contributed by atoms with E-state index in [0.717, 1.165) is 48.6 Å². The summed E-state index contributed by atoms with van der Waals surface area (Å²) < 4.78 is 5.48. The van der Waals surface area contributed by atoms with E-state index < -0.39 is 6.04 Å². The Labute approximate surface area is 234 Å². The van der Waals surface area contributed by atoms with Crippen molar-refractivity contribution in [2.24, 2.45) is 0 Å². The Bertz CT molecular complexity index is 1520. The molecule has 5 rings (SSSR count). The number of H-pyrrole nitrogens is 1. The van der Waals surface area contributed by atoms with Gasteiger partial charge < -0.3 is 15.0 Å². The van der Waals surface area contributed by atoms with Gasteiger partial charge in [0.05, 0.1) is 19.2 Å². The first-order valence-corrected chi connectivity index (χ1v) is 13.9. The molecule has 0 saturated heterocycles. The predicted octanol–water partition coefficient (Wildman–Crippen LogP) is 6.15. The number of carbonyl (C=O) groups is 3. The number of nitrogens with zero attached hydrogens (tertiary/aromatic N) is 1. The molecule has 7 heteroatoms. The minimum atomic E-state index is -1.00. The summed E-state index contributed by atoms with van der Waals surface area (Å²) in [6, 6.07) is 21.1. The largest absolute Gasteiger partial charge is 0.497 e. The molecule has 1 fully saturated rings. The van der Waals surface area contributed by atoms with E-state index in [1.54, 1.807) is 43.5 Å². The first-order chi connectivity index (χ1) is 19.5. The fourth-order valence-corrected chi connectivity index (χ4v) is 5.68.